The maximum absolute atomic E-state index is 10.4. The third kappa shape index (κ3) is 2.38. The Kier molecular flexibility index (Phi) is 2.55. The van der Waals surface area contributed by atoms with E-state index in [4.69, 9.17) is 20.3 Å². The summed E-state index contributed by atoms with van der Waals surface area (Å²) in [4.78, 5) is 10.4. The second kappa shape index (κ2) is 2.98. The van der Waals surface area contributed by atoms with E-state index in [0.29, 0.717) is 19.2 Å². The molecule has 0 aromatic carbocycles. The van der Waals surface area contributed by atoms with Gasteiger partial charge in [0.25, 0.3) is 7.07 Å². The van der Waals surface area contributed by atoms with E-state index in [1.54, 1.807) is 0 Å². The summed E-state index contributed by atoms with van der Waals surface area (Å²) in [5.74, 6) is 0. The van der Waals surface area contributed by atoms with Gasteiger partial charge in [-0.2, -0.15) is 0 Å². The Bertz CT molecular complexity index is 161. The van der Waals surface area contributed by atoms with Crippen molar-refractivity contribution in [3.8, 4) is 0 Å². The third-order valence-corrected chi connectivity index (χ3v) is 3.43. The Labute approximate surface area is 71.3 Å². The molecule has 0 unspecified atom stereocenters. The summed E-state index contributed by atoms with van der Waals surface area (Å²) in [5.41, 5.74) is -0.0264. The van der Waals surface area contributed by atoms with Crippen molar-refractivity contribution in [3.63, 3.8) is 0 Å². The van der Waals surface area contributed by atoms with E-state index in [1.807, 2.05) is 13.8 Å². The number of hydrogen-bond acceptors (Lipinski definition) is 3. The Balaban J connectivity index is 2.54. The lowest BCUT2D eigenvalue weighted by molar-refractivity contribution is 0.0627. The van der Waals surface area contributed by atoms with Crippen molar-refractivity contribution in [2.24, 2.45) is 5.41 Å². The first-order valence-corrected chi connectivity index (χ1v) is 5.91. The van der Waals surface area contributed by atoms with Gasteiger partial charge in [0.2, 0.25) is 6.03 Å². The Morgan fingerprint density at radius 3 is 2.27 bits per heavy atom. The molecule has 0 spiro atoms. The van der Waals surface area contributed by atoms with E-state index < -0.39 is 7.07 Å². The molecule has 1 heterocycles. The van der Waals surface area contributed by atoms with Crippen LogP contribution in [-0.2, 0) is 13.8 Å². The van der Waals surface area contributed by atoms with Gasteiger partial charge < -0.3 is 9.05 Å². The minimum absolute atomic E-state index is 0.0264. The van der Waals surface area contributed by atoms with E-state index in [-0.39, 0.29) is 5.41 Å². The fourth-order valence-electron chi connectivity index (χ4n) is 0.665. The van der Waals surface area contributed by atoms with Crippen molar-refractivity contribution in [1.82, 2.24) is 0 Å². The van der Waals surface area contributed by atoms with Gasteiger partial charge in [-0.3, -0.25) is 4.79 Å². The molecule has 11 heavy (non-hydrogen) atoms. The Morgan fingerprint density at radius 2 is 1.91 bits per heavy atom. The third-order valence-electron chi connectivity index (χ3n) is 1.39. The van der Waals surface area contributed by atoms with Crippen LogP contribution in [0.25, 0.3) is 0 Å². The molecule has 1 radical (unpaired) electrons. The molecular weight excluding hydrogens is 186 g/mol. The summed E-state index contributed by atoms with van der Waals surface area (Å²) in [7, 11) is -2.63. The summed E-state index contributed by atoms with van der Waals surface area (Å²) < 4.78 is 10.2. The van der Waals surface area contributed by atoms with Crippen molar-refractivity contribution in [3.05, 3.63) is 0 Å². The van der Waals surface area contributed by atoms with Crippen molar-refractivity contribution >= 4 is 24.3 Å². The van der Waals surface area contributed by atoms with Crippen LogP contribution < -0.4 is 0 Å². The highest BCUT2D eigenvalue weighted by Gasteiger charge is 2.37. The average Bonchev–Trinajstić information content (AvgIpc) is 1.97. The number of carbonyl (C=O) groups is 1. The van der Waals surface area contributed by atoms with E-state index in [1.165, 1.54) is 0 Å². The summed E-state index contributed by atoms with van der Waals surface area (Å²) in [6, 6.07) is 0.573. The van der Waals surface area contributed by atoms with Crippen molar-refractivity contribution in [2.45, 2.75) is 13.8 Å². The molecule has 1 rings (SSSR count). The second-order valence-electron chi connectivity index (χ2n) is 3.34. The molecule has 0 N–H and O–H groups in total. The highest BCUT2D eigenvalue weighted by atomic mass is 35.7. The number of hydrogen-bond donors (Lipinski definition) is 0. The molecule has 0 aromatic rings. The largest absolute Gasteiger partial charge is 0.323 e. The standard InChI is InChI=1S/C6H11ClO3P/c1-6(2)3-9-11(7,5-8)10-4-6/h5H,3-4H2,1-2H3. The quantitative estimate of drug-likeness (QED) is 0.478. The molecule has 0 bridgehead atoms. The summed E-state index contributed by atoms with van der Waals surface area (Å²) in [5, 5.41) is 0. The smallest absolute Gasteiger partial charge is 0.255 e. The first-order valence-electron chi connectivity index (χ1n) is 3.31. The molecule has 3 nitrogen and oxygen atoms in total. The van der Waals surface area contributed by atoms with Crippen molar-refractivity contribution < 1.29 is 13.8 Å². The average molecular weight is 198 g/mol. The predicted octanol–water partition coefficient (Wildman–Crippen LogP) is 2.25. The lowest BCUT2D eigenvalue weighted by Crippen LogP contribution is -2.30. The molecule has 0 aliphatic carbocycles. The highest BCUT2D eigenvalue weighted by Crippen LogP contribution is 2.66. The van der Waals surface area contributed by atoms with E-state index in [2.05, 4.69) is 0 Å². The number of halogens is 1. The van der Waals surface area contributed by atoms with Gasteiger partial charge in [-0.05, 0) is 11.2 Å². The number of carbonyl (C=O) groups excluding carboxylic acids is 1. The fraction of sp³-hybridized carbons (Fsp3) is 0.833. The van der Waals surface area contributed by atoms with Gasteiger partial charge in [-0.25, -0.2) is 0 Å². The van der Waals surface area contributed by atoms with Crippen LogP contribution in [0.2, 0.25) is 0 Å². The number of rotatable bonds is 1. The van der Waals surface area contributed by atoms with Gasteiger partial charge in [-0.15, -0.1) is 0 Å². The van der Waals surface area contributed by atoms with Gasteiger partial charge in [0.15, 0.2) is 0 Å². The van der Waals surface area contributed by atoms with Gasteiger partial charge in [0, 0.05) is 5.41 Å². The normalized spacial score (nSPS) is 27.9. The first-order chi connectivity index (χ1) is 4.97. The molecule has 0 amide bonds. The highest BCUT2D eigenvalue weighted by molar-refractivity contribution is 8.02. The first kappa shape index (κ1) is 9.40. The molecule has 0 saturated carbocycles. The van der Waals surface area contributed by atoms with Crippen molar-refractivity contribution in [2.75, 3.05) is 13.2 Å². The van der Waals surface area contributed by atoms with Crippen LogP contribution in [-0.4, -0.2) is 19.2 Å². The fourth-order valence-corrected chi connectivity index (χ4v) is 2.21. The van der Waals surface area contributed by atoms with Gasteiger partial charge >= 0.3 is 0 Å². The maximum atomic E-state index is 10.4. The Morgan fingerprint density at radius 1 is 1.45 bits per heavy atom. The maximum Gasteiger partial charge on any atom is 0.255 e. The topological polar surface area (TPSA) is 35.5 Å². The molecule has 1 saturated heterocycles. The predicted molar refractivity (Wildman–Crippen MR) is 45.2 cm³/mol. The van der Waals surface area contributed by atoms with E-state index in [0.717, 1.165) is 0 Å². The van der Waals surface area contributed by atoms with Crippen LogP contribution >= 0.6 is 18.3 Å². The van der Waals surface area contributed by atoms with Crippen LogP contribution in [0.1, 0.15) is 13.8 Å². The second-order valence-corrected chi connectivity index (χ2v) is 6.52. The molecule has 65 valence electrons. The zero-order valence-corrected chi connectivity index (χ0v) is 8.19. The van der Waals surface area contributed by atoms with Crippen LogP contribution in [0.3, 0.4) is 0 Å². The van der Waals surface area contributed by atoms with E-state index >= 15 is 0 Å². The molecule has 5 heteroatoms. The monoisotopic (exact) mass is 197 g/mol. The molecule has 0 aromatic heterocycles. The van der Waals surface area contributed by atoms with Gasteiger partial charge in [-0.1, -0.05) is 13.8 Å². The minimum atomic E-state index is -2.63. The lowest BCUT2D eigenvalue weighted by Gasteiger charge is -2.36. The Hall–Kier alpha value is 0.310. The molecule has 1 fully saturated rings. The van der Waals surface area contributed by atoms with Gasteiger partial charge in [0.1, 0.15) is 0 Å². The molecule has 1 aliphatic heterocycles. The van der Waals surface area contributed by atoms with Crippen LogP contribution in [0.15, 0.2) is 0 Å². The lowest BCUT2D eigenvalue weighted by atomic mass is 9.97. The van der Waals surface area contributed by atoms with Crippen LogP contribution in [0, 0.1) is 5.41 Å². The van der Waals surface area contributed by atoms with Crippen molar-refractivity contribution in [1.29, 1.82) is 0 Å². The summed E-state index contributed by atoms with van der Waals surface area (Å²) in [6.07, 6.45) is 0. The zero-order chi connectivity index (χ0) is 8.54. The summed E-state index contributed by atoms with van der Waals surface area (Å²) >= 11 is 5.69. The van der Waals surface area contributed by atoms with Crippen LogP contribution in [0.4, 0.5) is 0 Å². The van der Waals surface area contributed by atoms with E-state index in [9.17, 15) is 4.79 Å². The zero-order valence-electron chi connectivity index (χ0n) is 6.54. The molecule has 1 aliphatic rings. The SMILES string of the molecule is CC1(C)CO[P](Cl)(C=O)OC1. The minimum Gasteiger partial charge on any atom is -0.323 e. The van der Waals surface area contributed by atoms with Gasteiger partial charge in [0.05, 0.1) is 13.2 Å². The summed E-state index contributed by atoms with van der Waals surface area (Å²) in [6.45, 7) is 4.97. The molecule has 0 atom stereocenters. The molecular formula is C6H11ClO3P. The van der Waals surface area contributed by atoms with Crippen LogP contribution in [0.5, 0.6) is 0 Å².